The first kappa shape index (κ1) is 15.5. The summed E-state index contributed by atoms with van der Waals surface area (Å²) in [6.45, 7) is 1.82. The van der Waals surface area contributed by atoms with Crippen molar-refractivity contribution < 1.29 is 8.42 Å². The van der Waals surface area contributed by atoms with E-state index in [1.54, 1.807) is 30.3 Å². The molecule has 1 aromatic heterocycles. The van der Waals surface area contributed by atoms with Crippen molar-refractivity contribution in [2.75, 3.05) is 15.8 Å². The third-order valence-corrected chi connectivity index (χ3v) is 4.21. The fourth-order valence-corrected chi connectivity index (χ4v) is 2.98. The number of halogens is 1. The van der Waals surface area contributed by atoms with E-state index in [0.717, 1.165) is 0 Å². The van der Waals surface area contributed by atoms with Gasteiger partial charge in [0.05, 0.1) is 11.4 Å². The van der Waals surface area contributed by atoms with E-state index in [4.69, 9.17) is 11.6 Å². The molecule has 0 fully saturated rings. The SMILES string of the molecule is CCCS(=O)(=O)Nc1cccc(Nc2cc(Cl)ncn2)c1. The highest BCUT2D eigenvalue weighted by atomic mass is 35.5. The van der Waals surface area contributed by atoms with Crippen molar-refractivity contribution >= 4 is 38.8 Å². The summed E-state index contributed by atoms with van der Waals surface area (Å²) in [5, 5.41) is 3.36. The molecule has 2 N–H and O–H groups in total. The Hall–Kier alpha value is -1.86. The van der Waals surface area contributed by atoms with Crippen molar-refractivity contribution in [1.29, 1.82) is 0 Å². The fourth-order valence-electron chi connectivity index (χ4n) is 1.71. The molecule has 1 aromatic carbocycles. The highest BCUT2D eigenvalue weighted by molar-refractivity contribution is 7.92. The van der Waals surface area contributed by atoms with E-state index in [9.17, 15) is 8.42 Å². The normalized spacial score (nSPS) is 11.1. The number of benzene rings is 1. The van der Waals surface area contributed by atoms with E-state index in [0.29, 0.717) is 28.8 Å². The zero-order valence-corrected chi connectivity index (χ0v) is 12.9. The minimum atomic E-state index is -3.31. The number of sulfonamides is 1. The third kappa shape index (κ3) is 4.87. The van der Waals surface area contributed by atoms with Crippen LogP contribution in [0.2, 0.25) is 5.15 Å². The monoisotopic (exact) mass is 326 g/mol. The number of anilines is 3. The number of nitrogens with one attached hydrogen (secondary N) is 2. The summed E-state index contributed by atoms with van der Waals surface area (Å²) >= 11 is 5.78. The molecule has 0 unspecified atom stereocenters. The molecule has 0 aliphatic carbocycles. The van der Waals surface area contributed by atoms with Gasteiger partial charge in [0, 0.05) is 11.8 Å². The number of rotatable bonds is 6. The summed E-state index contributed by atoms with van der Waals surface area (Å²) < 4.78 is 26.0. The van der Waals surface area contributed by atoms with Gasteiger partial charge in [-0.15, -0.1) is 0 Å². The second-order valence-corrected chi connectivity index (χ2v) is 6.58. The molecule has 0 atom stereocenters. The van der Waals surface area contributed by atoms with Gasteiger partial charge in [-0.2, -0.15) is 0 Å². The predicted octanol–water partition coefficient (Wildman–Crippen LogP) is 3.03. The van der Waals surface area contributed by atoms with Crippen LogP contribution in [0.25, 0.3) is 0 Å². The molecule has 112 valence electrons. The molecule has 0 amide bonds. The van der Waals surface area contributed by atoms with E-state index in [1.807, 2.05) is 6.92 Å². The molecule has 1 heterocycles. The lowest BCUT2D eigenvalue weighted by molar-refractivity contribution is 0.600. The molecule has 6 nitrogen and oxygen atoms in total. The Kier molecular flexibility index (Phi) is 4.98. The Morgan fingerprint density at radius 1 is 1.19 bits per heavy atom. The molecule has 2 aromatic rings. The van der Waals surface area contributed by atoms with Crippen molar-refractivity contribution in [3.8, 4) is 0 Å². The Bertz CT molecular complexity index is 722. The van der Waals surface area contributed by atoms with Crippen LogP contribution < -0.4 is 10.0 Å². The Labute approximate surface area is 128 Å². The molecule has 0 spiro atoms. The van der Waals surface area contributed by atoms with Crippen LogP contribution in [-0.4, -0.2) is 24.1 Å². The predicted molar refractivity (Wildman–Crippen MR) is 84.5 cm³/mol. The average Bonchev–Trinajstić information content (AvgIpc) is 2.38. The minimum absolute atomic E-state index is 0.0895. The van der Waals surface area contributed by atoms with Crippen LogP contribution in [0, 0.1) is 0 Å². The summed E-state index contributed by atoms with van der Waals surface area (Å²) in [4.78, 5) is 7.81. The fraction of sp³-hybridized carbons (Fsp3) is 0.231. The maximum absolute atomic E-state index is 11.7. The average molecular weight is 327 g/mol. The topological polar surface area (TPSA) is 84.0 Å². The molecule has 0 saturated carbocycles. The maximum Gasteiger partial charge on any atom is 0.232 e. The molecule has 0 aliphatic heterocycles. The first-order valence-electron chi connectivity index (χ1n) is 6.33. The summed E-state index contributed by atoms with van der Waals surface area (Å²) in [5.41, 5.74) is 1.19. The lowest BCUT2D eigenvalue weighted by Gasteiger charge is -2.10. The van der Waals surface area contributed by atoms with Gasteiger partial charge in [-0.3, -0.25) is 4.72 Å². The zero-order valence-electron chi connectivity index (χ0n) is 11.4. The molecule has 0 bridgehead atoms. The summed E-state index contributed by atoms with van der Waals surface area (Å²) in [5.74, 6) is 0.621. The van der Waals surface area contributed by atoms with Gasteiger partial charge < -0.3 is 5.32 Å². The third-order valence-electron chi connectivity index (χ3n) is 2.51. The Morgan fingerprint density at radius 2 is 1.95 bits per heavy atom. The number of hydrogen-bond donors (Lipinski definition) is 2. The quantitative estimate of drug-likeness (QED) is 0.797. The highest BCUT2D eigenvalue weighted by Crippen LogP contribution is 2.20. The standard InChI is InChI=1S/C13H15ClN4O2S/c1-2-6-21(19,20)18-11-5-3-4-10(7-11)17-13-8-12(14)15-9-16-13/h3-5,7-9,18H,2,6H2,1H3,(H,15,16,17). The lowest BCUT2D eigenvalue weighted by atomic mass is 10.3. The van der Waals surface area contributed by atoms with Gasteiger partial charge in [0.25, 0.3) is 0 Å². The Balaban J connectivity index is 2.14. The minimum Gasteiger partial charge on any atom is -0.340 e. The molecule has 0 radical (unpaired) electrons. The smallest absolute Gasteiger partial charge is 0.232 e. The van der Waals surface area contributed by atoms with Crippen molar-refractivity contribution in [2.24, 2.45) is 0 Å². The van der Waals surface area contributed by atoms with Gasteiger partial charge in [-0.05, 0) is 24.6 Å². The van der Waals surface area contributed by atoms with Gasteiger partial charge in [0.15, 0.2) is 0 Å². The van der Waals surface area contributed by atoms with Crippen LogP contribution in [0.3, 0.4) is 0 Å². The molecular weight excluding hydrogens is 312 g/mol. The second-order valence-electron chi connectivity index (χ2n) is 4.35. The van der Waals surface area contributed by atoms with Crippen LogP contribution in [0.4, 0.5) is 17.2 Å². The van der Waals surface area contributed by atoms with Crippen LogP contribution in [0.1, 0.15) is 13.3 Å². The number of nitrogens with zero attached hydrogens (tertiary/aromatic N) is 2. The van der Waals surface area contributed by atoms with Crippen molar-refractivity contribution in [3.05, 3.63) is 41.8 Å². The van der Waals surface area contributed by atoms with Crippen molar-refractivity contribution in [2.45, 2.75) is 13.3 Å². The number of hydrogen-bond acceptors (Lipinski definition) is 5. The lowest BCUT2D eigenvalue weighted by Crippen LogP contribution is -2.16. The molecule has 21 heavy (non-hydrogen) atoms. The van der Waals surface area contributed by atoms with Crippen LogP contribution in [0.5, 0.6) is 0 Å². The van der Waals surface area contributed by atoms with Gasteiger partial charge in [-0.1, -0.05) is 24.6 Å². The van der Waals surface area contributed by atoms with Crippen molar-refractivity contribution in [3.63, 3.8) is 0 Å². The van der Waals surface area contributed by atoms with E-state index in [1.165, 1.54) is 6.33 Å². The van der Waals surface area contributed by atoms with Crippen LogP contribution >= 0.6 is 11.6 Å². The maximum atomic E-state index is 11.7. The van der Waals surface area contributed by atoms with Crippen molar-refractivity contribution in [1.82, 2.24) is 9.97 Å². The second kappa shape index (κ2) is 6.73. The molecule has 0 aliphatic rings. The van der Waals surface area contributed by atoms with Gasteiger partial charge in [0.1, 0.15) is 17.3 Å². The first-order chi connectivity index (χ1) is 9.98. The summed E-state index contributed by atoms with van der Waals surface area (Å²) in [6, 6.07) is 8.49. The van der Waals surface area contributed by atoms with E-state index in [-0.39, 0.29) is 5.75 Å². The molecular formula is C13H15ClN4O2S. The van der Waals surface area contributed by atoms with Gasteiger partial charge in [-0.25, -0.2) is 18.4 Å². The van der Waals surface area contributed by atoms with Crippen LogP contribution in [-0.2, 0) is 10.0 Å². The summed E-state index contributed by atoms with van der Waals surface area (Å²) in [6.07, 6.45) is 1.91. The largest absolute Gasteiger partial charge is 0.340 e. The molecule has 2 rings (SSSR count). The Morgan fingerprint density at radius 3 is 2.67 bits per heavy atom. The highest BCUT2D eigenvalue weighted by Gasteiger charge is 2.09. The van der Waals surface area contributed by atoms with E-state index >= 15 is 0 Å². The summed E-state index contributed by atoms with van der Waals surface area (Å²) in [7, 11) is -3.31. The molecule has 0 saturated heterocycles. The molecule has 8 heteroatoms. The van der Waals surface area contributed by atoms with E-state index in [2.05, 4.69) is 20.0 Å². The number of aromatic nitrogens is 2. The van der Waals surface area contributed by atoms with Gasteiger partial charge >= 0.3 is 0 Å². The first-order valence-corrected chi connectivity index (χ1v) is 8.36. The van der Waals surface area contributed by atoms with E-state index < -0.39 is 10.0 Å². The zero-order chi connectivity index (χ0) is 15.3. The van der Waals surface area contributed by atoms with Crippen LogP contribution in [0.15, 0.2) is 36.7 Å². The van der Waals surface area contributed by atoms with Gasteiger partial charge in [0.2, 0.25) is 10.0 Å².